The molecule has 0 amide bonds. The van der Waals surface area contributed by atoms with Crippen LogP contribution in [-0.4, -0.2) is 49.7 Å². The fourth-order valence-corrected chi connectivity index (χ4v) is 1.19. The molecule has 5 heteroatoms. The average Bonchev–Trinajstić information content (AvgIpc) is 2.37. The van der Waals surface area contributed by atoms with Crippen molar-refractivity contribution in [1.82, 2.24) is 4.90 Å². The molecule has 0 saturated heterocycles. The minimum absolute atomic E-state index is 0.282. The van der Waals surface area contributed by atoms with Crippen molar-refractivity contribution in [3.05, 3.63) is 12.2 Å². The zero-order valence-corrected chi connectivity index (χ0v) is 12.8. The number of esters is 2. The van der Waals surface area contributed by atoms with E-state index < -0.39 is 0 Å². The Morgan fingerprint density at radius 3 is 1.74 bits per heavy atom. The summed E-state index contributed by atoms with van der Waals surface area (Å²) in [6, 6.07) is 0. The highest BCUT2D eigenvalue weighted by Crippen LogP contribution is 1.92. The zero-order chi connectivity index (χ0) is 15.1. The molecule has 0 unspecified atom stereocenters. The Morgan fingerprint density at radius 1 is 1.00 bits per heavy atom. The van der Waals surface area contributed by atoms with Gasteiger partial charge in [0.05, 0.1) is 0 Å². The molecule has 5 nitrogen and oxygen atoms in total. The Hall–Kier alpha value is -1.36. The van der Waals surface area contributed by atoms with E-state index in [1.54, 1.807) is 0 Å². The largest absolute Gasteiger partial charge is 0.465 e. The second kappa shape index (κ2) is 14.7. The van der Waals surface area contributed by atoms with E-state index in [0.29, 0.717) is 26.3 Å². The molecule has 0 aromatic heterocycles. The maximum Gasteiger partial charge on any atom is 0.302 e. The lowest BCUT2D eigenvalue weighted by molar-refractivity contribution is -0.141. The van der Waals surface area contributed by atoms with Crippen LogP contribution in [0.25, 0.3) is 0 Å². The van der Waals surface area contributed by atoms with Gasteiger partial charge in [-0.25, -0.2) is 0 Å². The number of carbonyl (C=O) groups is 2. The normalized spacial score (nSPS) is 10.0. The van der Waals surface area contributed by atoms with Crippen LogP contribution in [0.3, 0.4) is 0 Å². The van der Waals surface area contributed by atoms with Gasteiger partial charge in [-0.3, -0.25) is 14.5 Å². The summed E-state index contributed by atoms with van der Waals surface area (Å²) in [6.07, 6.45) is 3.95. The average molecular weight is 273 g/mol. The summed E-state index contributed by atoms with van der Waals surface area (Å²) in [5.74, 6) is -0.563. The van der Waals surface area contributed by atoms with E-state index in [9.17, 15) is 9.59 Å². The first kappa shape index (κ1) is 20.0. The van der Waals surface area contributed by atoms with Gasteiger partial charge in [0, 0.05) is 33.5 Å². The highest BCUT2D eigenvalue weighted by Gasteiger charge is 2.04. The van der Waals surface area contributed by atoms with E-state index in [1.165, 1.54) is 13.8 Å². The van der Waals surface area contributed by atoms with E-state index in [1.807, 2.05) is 37.8 Å². The number of allylic oxidation sites excluding steroid dienone is 1. The smallest absolute Gasteiger partial charge is 0.302 e. The van der Waals surface area contributed by atoms with Crippen molar-refractivity contribution >= 4 is 11.9 Å². The van der Waals surface area contributed by atoms with E-state index in [2.05, 4.69) is 0 Å². The van der Waals surface area contributed by atoms with Gasteiger partial charge < -0.3 is 9.47 Å². The molecule has 0 aromatic rings. The molecule has 0 N–H and O–H groups in total. The summed E-state index contributed by atoms with van der Waals surface area (Å²) >= 11 is 0. The van der Waals surface area contributed by atoms with Crippen LogP contribution in [0.5, 0.6) is 0 Å². The minimum Gasteiger partial charge on any atom is -0.465 e. The van der Waals surface area contributed by atoms with Crippen molar-refractivity contribution in [2.24, 2.45) is 0 Å². The third-order valence-electron chi connectivity index (χ3n) is 2.02. The fourth-order valence-electron chi connectivity index (χ4n) is 1.19. The molecule has 0 aromatic carbocycles. The lowest BCUT2D eigenvalue weighted by atomic mass is 10.4. The summed E-state index contributed by atoms with van der Waals surface area (Å²) < 4.78 is 9.73. The predicted octanol–water partition coefficient (Wildman–Crippen LogP) is 2.02. The molecular formula is C14H27NO4. The maximum atomic E-state index is 10.6. The summed E-state index contributed by atoms with van der Waals surface area (Å²) in [5, 5.41) is 0. The second-order valence-electron chi connectivity index (χ2n) is 3.55. The number of rotatable bonds is 8. The number of ether oxygens (including phenoxy) is 2. The monoisotopic (exact) mass is 273 g/mol. The molecule has 0 rings (SSSR count). The molecule has 19 heavy (non-hydrogen) atoms. The molecular weight excluding hydrogens is 246 g/mol. The molecule has 0 heterocycles. The quantitative estimate of drug-likeness (QED) is 0.500. The van der Waals surface area contributed by atoms with Crippen LogP contribution in [0.1, 0.15) is 34.6 Å². The number of carbonyl (C=O) groups excluding carboxylic acids is 2. The molecule has 0 aliphatic rings. The first-order chi connectivity index (χ1) is 9.06. The third kappa shape index (κ3) is 16.6. The van der Waals surface area contributed by atoms with Gasteiger partial charge in [0.25, 0.3) is 0 Å². The molecule has 0 atom stereocenters. The van der Waals surface area contributed by atoms with Crippen molar-refractivity contribution in [1.29, 1.82) is 0 Å². The van der Waals surface area contributed by atoms with Gasteiger partial charge in [-0.05, 0) is 6.92 Å². The second-order valence-corrected chi connectivity index (χ2v) is 3.55. The van der Waals surface area contributed by atoms with Gasteiger partial charge in [-0.15, -0.1) is 0 Å². The van der Waals surface area contributed by atoms with Crippen molar-refractivity contribution in [2.75, 3.05) is 32.8 Å². The summed E-state index contributed by atoms with van der Waals surface area (Å²) in [5.41, 5.74) is 0. The van der Waals surface area contributed by atoms with Crippen LogP contribution in [-0.2, 0) is 19.1 Å². The minimum atomic E-state index is -0.282. The highest BCUT2D eigenvalue weighted by molar-refractivity contribution is 5.66. The van der Waals surface area contributed by atoms with Gasteiger partial charge in [0.1, 0.15) is 13.2 Å². The molecule has 0 aliphatic heterocycles. The van der Waals surface area contributed by atoms with Crippen molar-refractivity contribution in [3.8, 4) is 0 Å². The summed E-state index contributed by atoms with van der Waals surface area (Å²) in [4.78, 5) is 23.3. The topological polar surface area (TPSA) is 55.8 Å². The van der Waals surface area contributed by atoms with Crippen LogP contribution in [0.2, 0.25) is 0 Å². The van der Waals surface area contributed by atoms with Crippen molar-refractivity contribution in [2.45, 2.75) is 34.6 Å². The van der Waals surface area contributed by atoms with Crippen LogP contribution in [0, 0.1) is 0 Å². The van der Waals surface area contributed by atoms with Gasteiger partial charge in [0.2, 0.25) is 0 Å². The lowest BCUT2D eigenvalue weighted by Crippen LogP contribution is -2.32. The van der Waals surface area contributed by atoms with E-state index in [-0.39, 0.29) is 11.9 Å². The Balaban J connectivity index is 0. The first-order valence-corrected chi connectivity index (χ1v) is 6.66. The van der Waals surface area contributed by atoms with Gasteiger partial charge in [-0.2, -0.15) is 0 Å². The molecule has 0 aliphatic carbocycles. The zero-order valence-electron chi connectivity index (χ0n) is 12.8. The maximum absolute atomic E-state index is 10.6. The third-order valence-corrected chi connectivity index (χ3v) is 2.02. The first-order valence-electron chi connectivity index (χ1n) is 6.66. The van der Waals surface area contributed by atoms with Crippen LogP contribution >= 0.6 is 0 Å². The van der Waals surface area contributed by atoms with E-state index >= 15 is 0 Å². The number of hydrogen-bond acceptors (Lipinski definition) is 5. The molecule has 0 bridgehead atoms. The summed E-state index contributed by atoms with van der Waals surface area (Å²) in [6.45, 7) is 11.4. The van der Waals surface area contributed by atoms with Crippen molar-refractivity contribution < 1.29 is 19.1 Å². The molecule has 112 valence electrons. The lowest BCUT2D eigenvalue weighted by Gasteiger charge is -2.19. The Bertz CT molecular complexity index is 244. The molecule has 0 radical (unpaired) electrons. The number of hydrogen-bond donors (Lipinski definition) is 0. The predicted molar refractivity (Wildman–Crippen MR) is 75.9 cm³/mol. The van der Waals surface area contributed by atoms with Gasteiger partial charge in [-0.1, -0.05) is 26.0 Å². The fraction of sp³-hybridized carbons (Fsp3) is 0.714. The summed E-state index contributed by atoms with van der Waals surface area (Å²) in [7, 11) is 0. The standard InChI is InChI=1S/C12H21NO4.C2H6/c1-4-5-6-13(7-9-16-11(2)14)8-10-17-12(3)15;1-2/h4-5H,6-10H2,1-3H3;1-2H3/b5-4+;. The molecule has 0 fully saturated rings. The Kier molecular flexibility index (Phi) is 15.4. The highest BCUT2D eigenvalue weighted by atomic mass is 16.5. The molecule has 0 saturated carbocycles. The Morgan fingerprint density at radius 2 is 1.42 bits per heavy atom. The van der Waals surface area contributed by atoms with Crippen LogP contribution in [0.15, 0.2) is 12.2 Å². The molecule has 0 spiro atoms. The van der Waals surface area contributed by atoms with E-state index in [4.69, 9.17) is 9.47 Å². The van der Waals surface area contributed by atoms with E-state index in [0.717, 1.165) is 6.54 Å². The van der Waals surface area contributed by atoms with Crippen LogP contribution < -0.4 is 0 Å². The SMILES string of the molecule is C/C=C/CN(CCOC(C)=O)CCOC(C)=O.CC. The Labute approximate surface area is 116 Å². The van der Waals surface area contributed by atoms with Gasteiger partial charge in [0.15, 0.2) is 0 Å². The number of nitrogens with zero attached hydrogens (tertiary/aromatic N) is 1. The van der Waals surface area contributed by atoms with Crippen molar-refractivity contribution in [3.63, 3.8) is 0 Å². The van der Waals surface area contributed by atoms with Crippen LogP contribution in [0.4, 0.5) is 0 Å². The van der Waals surface area contributed by atoms with Gasteiger partial charge >= 0.3 is 11.9 Å².